The van der Waals surface area contributed by atoms with Gasteiger partial charge in [-0.05, 0) is 42.8 Å². The number of fused-ring (bicyclic) bond motifs is 1. The highest BCUT2D eigenvalue weighted by Gasteiger charge is 2.50. The van der Waals surface area contributed by atoms with Crippen molar-refractivity contribution in [2.75, 3.05) is 26.3 Å². The first kappa shape index (κ1) is 26.8. The zero-order valence-electron chi connectivity index (χ0n) is 20.4. The Hall–Kier alpha value is -2.79. The molecule has 2 heterocycles. The normalized spacial score (nSPS) is 20.0. The molecule has 0 saturated carbocycles. The van der Waals surface area contributed by atoms with Gasteiger partial charge in [-0.2, -0.15) is 4.31 Å². The van der Waals surface area contributed by atoms with E-state index >= 15 is 0 Å². The van der Waals surface area contributed by atoms with Gasteiger partial charge in [0.1, 0.15) is 0 Å². The van der Waals surface area contributed by atoms with Gasteiger partial charge in [-0.3, -0.25) is 14.5 Å². The summed E-state index contributed by atoms with van der Waals surface area (Å²) in [4.78, 5) is 27.0. The summed E-state index contributed by atoms with van der Waals surface area (Å²) in [5.74, 6) is -0.782. The van der Waals surface area contributed by atoms with E-state index < -0.39 is 21.7 Å². The van der Waals surface area contributed by atoms with E-state index in [2.05, 4.69) is 0 Å². The molecular weight excluding hydrogens is 551 g/mol. The zero-order chi connectivity index (χ0) is 27.2. The number of rotatable bonds is 6. The highest BCUT2D eigenvalue weighted by molar-refractivity contribution is 7.89. The highest BCUT2D eigenvalue weighted by atomic mass is 35.5. The monoisotopic (exact) mass is 574 g/mol. The molecule has 1 N–H and O–H groups in total. The molecule has 1 atom stereocenters. The van der Waals surface area contributed by atoms with E-state index in [0.29, 0.717) is 16.1 Å². The van der Waals surface area contributed by atoms with Gasteiger partial charge in [0.05, 0.1) is 24.7 Å². The molecule has 11 heteroatoms. The first-order valence-electron chi connectivity index (χ1n) is 11.9. The van der Waals surface area contributed by atoms with E-state index in [0.717, 1.165) is 0 Å². The molecule has 1 unspecified atom stereocenters. The van der Waals surface area contributed by atoms with Crippen molar-refractivity contribution in [3.8, 4) is 0 Å². The standard InChI is InChI=1S/C27H24Cl2N2O6S/c1-17(32)18-3-9-24-23(14-18)26(33)31(27(24,34)20-4-7-21(28)8-5-20)16-19-2-6-22(29)15-25(19)38(35,36)30-10-12-37-13-11-30/h2-9,14-15,34H,10-13,16H2,1H3. The number of sulfonamides is 1. The number of nitrogens with zero attached hydrogens (tertiary/aromatic N) is 2. The molecule has 5 rings (SSSR count). The molecule has 1 saturated heterocycles. The lowest BCUT2D eigenvalue weighted by atomic mass is 9.92. The Kier molecular flexibility index (Phi) is 7.10. The summed E-state index contributed by atoms with van der Waals surface area (Å²) in [7, 11) is -3.98. The van der Waals surface area contributed by atoms with Gasteiger partial charge < -0.3 is 9.84 Å². The van der Waals surface area contributed by atoms with E-state index in [1.807, 2.05) is 0 Å². The summed E-state index contributed by atoms with van der Waals surface area (Å²) >= 11 is 12.3. The lowest BCUT2D eigenvalue weighted by Crippen LogP contribution is -2.45. The van der Waals surface area contributed by atoms with Gasteiger partial charge in [0.25, 0.3) is 5.91 Å². The lowest BCUT2D eigenvalue weighted by Gasteiger charge is -2.35. The van der Waals surface area contributed by atoms with Gasteiger partial charge in [-0.1, -0.05) is 53.5 Å². The molecule has 2 aliphatic heterocycles. The smallest absolute Gasteiger partial charge is 0.257 e. The van der Waals surface area contributed by atoms with Crippen molar-refractivity contribution >= 4 is 44.9 Å². The van der Waals surface area contributed by atoms with Gasteiger partial charge >= 0.3 is 0 Å². The molecule has 8 nitrogen and oxygen atoms in total. The van der Waals surface area contributed by atoms with Crippen molar-refractivity contribution in [1.29, 1.82) is 0 Å². The molecule has 1 fully saturated rings. The maximum atomic E-state index is 13.8. The topological polar surface area (TPSA) is 104 Å². The Bertz CT molecular complexity index is 1540. The molecule has 3 aromatic rings. The Morgan fingerprint density at radius 1 is 1.00 bits per heavy atom. The third-order valence-corrected chi connectivity index (χ3v) is 9.33. The van der Waals surface area contributed by atoms with E-state index in [1.54, 1.807) is 36.4 Å². The van der Waals surface area contributed by atoms with Gasteiger partial charge in [0, 0.05) is 45.4 Å². The van der Waals surface area contributed by atoms with E-state index in [4.69, 9.17) is 27.9 Å². The number of aliphatic hydroxyl groups is 1. The second kappa shape index (κ2) is 10.1. The molecule has 0 aliphatic carbocycles. The molecule has 2 aliphatic rings. The summed E-state index contributed by atoms with van der Waals surface area (Å²) in [5, 5.41) is 12.9. The van der Waals surface area contributed by atoms with E-state index in [-0.39, 0.29) is 65.2 Å². The van der Waals surface area contributed by atoms with Crippen LogP contribution in [0.2, 0.25) is 10.0 Å². The van der Waals surface area contributed by atoms with Crippen molar-refractivity contribution in [1.82, 2.24) is 9.21 Å². The van der Waals surface area contributed by atoms with Crippen LogP contribution in [0.4, 0.5) is 0 Å². The Morgan fingerprint density at radius 3 is 2.32 bits per heavy atom. The van der Waals surface area contributed by atoms with Crippen molar-refractivity contribution in [3.05, 3.63) is 98.5 Å². The quantitative estimate of drug-likeness (QED) is 0.445. The fourth-order valence-corrected chi connectivity index (χ4v) is 6.87. The Balaban J connectivity index is 1.64. The van der Waals surface area contributed by atoms with E-state index in [9.17, 15) is 23.1 Å². The third-order valence-electron chi connectivity index (χ3n) is 6.86. The molecule has 0 spiro atoms. The second-order valence-corrected chi connectivity index (χ2v) is 11.9. The SMILES string of the molecule is CC(=O)c1ccc2c(c1)C(=O)N(Cc1ccc(Cl)cc1S(=O)(=O)N1CCOCC1)C2(O)c1ccc(Cl)cc1. The van der Waals surface area contributed by atoms with Crippen LogP contribution in [0.15, 0.2) is 65.6 Å². The first-order valence-corrected chi connectivity index (χ1v) is 14.1. The van der Waals surface area contributed by atoms with Gasteiger partial charge in [-0.15, -0.1) is 0 Å². The van der Waals surface area contributed by atoms with Crippen LogP contribution in [0.5, 0.6) is 0 Å². The second-order valence-electron chi connectivity index (χ2n) is 9.16. The number of benzene rings is 3. The average Bonchev–Trinajstić information content (AvgIpc) is 3.12. The first-order chi connectivity index (χ1) is 18.0. The largest absolute Gasteiger partial charge is 0.379 e. The fraction of sp³-hybridized carbons (Fsp3) is 0.259. The van der Waals surface area contributed by atoms with Crippen molar-refractivity contribution in [3.63, 3.8) is 0 Å². The summed E-state index contributed by atoms with van der Waals surface area (Å²) in [6.07, 6.45) is 0. The number of ether oxygens (including phenoxy) is 1. The molecular formula is C27H24Cl2N2O6S. The molecule has 198 valence electrons. The number of hydrogen-bond donors (Lipinski definition) is 1. The van der Waals surface area contributed by atoms with Crippen LogP contribution < -0.4 is 0 Å². The number of morpholine rings is 1. The summed E-state index contributed by atoms with van der Waals surface area (Å²) < 4.78 is 33.8. The average molecular weight is 575 g/mol. The minimum atomic E-state index is -3.98. The maximum Gasteiger partial charge on any atom is 0.257 e. The minimum absolute atomic E-state index is 0.0569. The number of ketones is 1. The van der Waals surface area contributed by atoms with Crippen LogP contribution in [0.25, 0.3) is 0 Å². The van der Waals surface area contributed by atoms with Crippen LogP contribution in [0.1, 0.15) is 44.3 Å². The molecule has 38 heavy (non-hydrogen) atoms. The predicted molar refractivity (Wildman–Crippen MR) is 142 cm³/mol. The molecule has 0 bridgehead atoms. The number of carbonyl (C=O) groups is 2. The molecule has 0 radical (unpaired) electrons. The predicted octanol–water partition coefficient (Wildman–Crippen LogP) is 4.07. The minimum Gasteiger partial charge on any atom is -0.379 e. The van der Waals surface area contributed by atoms with Crippen molar-refractivity contribution in [2.45, 2.75) is 24.1 Å². The Morgan fingerprint density at radius 2 is 1.66 bits per heavy atom. The summed E-state index contributed by atoms with van der Waals surface area (Å²) in [5.41, 5.74) is -0.564. The number of hydrogen-bond acceptors (Lipinski definition) is 6. The zero-order valence-corrected chi connectivity index (χ0v) is 22.7. The molecule has 3 aromatic carbocycles. The van der Waals surface area contributed by atoms with E-state index in [1.165, 1.54) is 40.4 Å². The summed E-state index contributed by atoms with van der Waals surface area (Å²) in [6.45, 7) is 2.04. The van der Waals surface area contributed by atoms with Crippen molar-refractivity contribution < 1.29 is 27.9 Å². The van der Waals surface area contributed by atoms with Crippen LogP contribution in [0.3, 0.4) is 0 Å². The highest BCUT2D eigenvalue weighted by Crippen LogP contribution is 2.44. The number of amides is 1. The lowest BCUT2D eigenvalue weighted by molar-refractivity contribution is -0.0546. The van der Waals surface area contributed by atoms with Gasteiger partial charge in [0.2, 0.25) is 10.0 Å². The van der Waals surface area contributed by atoms with Crippen LogP contribution in [-0.2, 0) is 27.0 Å². The fourth-order valence-electron chi connectivity index (χ4n) is 4.86. The van der Waals surface area contributed by atoms with Gasteiger partial charge in [0.15, 0.2) is 11.5 Å². The molecule has 1 amide bonds. The number of carbonyl (C=O) groups excluding carboxylic acids is 2. The van der Waals surface area contributed by atoms with Crippen molar-refractivity contribution in [2.24, 2.45) is 0 Å². The maximum absolute atomic E-state index is 13.8. The van der Waals surface area contributed by atoms with Crippen LogP contribution >= 0.6 is 23.2 Å². The molecule has 0 aromatic heterocycles. The van der Waals surface area contributed by atoms with Crippen LogP contribution in [0, 0.1) is 0 Å². The third kappa shape index (κ3) is 4.53. The Labute approximate surface area is 230 Å². The number of Topliss-reactive ketones (excluding diaryl/α,β-unsaturated/α-hetero) is 1. The van der Waals surface area contributed by atoms with Crippen LogP contribution in [-0.4, -0.2) is 60.7 Å². The number of halogens is 2. The van der Waals surface area contributed by atoms with Gasteiger partial charge in [-0.25, -0.2) is 8.42 Å². The summed E-state index contributed by atoms with van der Waals surface area (Å²) in [6, 6.07) is 15.4.